The molecule has 0 aliphatic rings. The molecule has 4 nitrogen and oxygen atoms in total. The fourth-order valence-electron chi connectivity index (χ4n) is 1.41. The van der Waals surface area contributed by atoms with Crippen molar-refractivity contribution in [2.75, 3.05) is 18.5 Å². The van der Waals surface area contributed by atoms with E-state index in [1.165, 1.54) is 23.1 Å². The first-order valence-corrected chi connectivity index (χ1v) is 4.67. The topological polar surface area (TPSA) is 64.3 Å². The minimum Gasteiger partial charge on any atom is -0.478 e. The van der Waals surface area contributed by atoms with Crippen LogP contribution in [0, 0.1) is 17.1 Å². The molecule has 0 saturated heterocycles. The van der Waals surface area contributed by atoms with Crippen LogP contribution in [-0.2, 0) is 0 Å². The summed E-state index contributed by atoms with van der Waals surface area (Å²) in [5, 5.41) is 17.3. The highest BCUT2D eigenvalue weighted by molar-refractivity contribution is 5.94. The molecule has 0 amide bonds. The van der Waals surface area contributed by atoms with Crippen molar-refractivity contribution in [3.63, 3.8) is 0 Å². The number of benzene rings is 1. The van der Waals surface area contributed by atoms with Crippen molar-refractivity contribution in [3.05, 3.63) is 29.6 Å². The number of nitrogens with zero attached hydrogens (tertiary/aromatic N) is 2. The minimum absolute atomic E-state index is 0.0188. The fourth-order valence-corrected chi connectivity index (χ4v) is 1.41. The highest BCUT2D eigenvalue weighted by atomic mass is 19.1. The Balaban J connectivity index is 3.10. The summed E-state index contributed by atoms with van der Waals surface area (Å²) in [4.78, 5) is 12.3. The molecule has 0 fully saturated rings. The molecule has 0 aliphatic heterocycles. The Morgan fingerprint density at radius 3 is 2.88 bits per heavy atom. The molecule has 0 radical (unpaired) electrons. The van der Waals surface area contributed by atoms with Gasteiger partial charge in [-0.15, -0.1) is 0 Å². The zero-order chi connectivity index (χ0) is 12.1. The molecule has 0 heterocycles. The van der Waals surface area contributed by atoms with Crippen LogP contribution in [0.3, 0.4) is 0 Å². The zero-order valence-electron chi connectivity index (χ0n) is 8.77. The summed E-state index contributed by atoms with van der Waals surface area (Å²) < 4.78 is 13.5. The molecule has 1 N–H and O–H groups in total. The monoisotopic (exact) mass is 222 g/mol. The van der Waals surface area contributed by atoms with Crippen molar-refractivity contribution in [1.29, 1.82) is 5.26 Å². The van der Waals surface area contributed by atoms with Crippen LogP contribution in [0.25, 0.3) is 0 Å². The Labute approximate surface area is 92.5 Å². The van der Waals surface area contributed by atoms with Crippen LogP contribution in [0.1, 0.15) is 16.8 Å². The summed E-state index contributed by atoms with van der Waals surface area (Å²) in [6.07, 6.45) is 0.212. The van der Waals surface area contributed by atoms with E-state index in [1.54, 1.807) is 7.05 Å². The molecule has 1 aromatic rings. The molecule has 84 valence electrons. The lowest BCUT2D eigenvalue weighted by Crippen LogP contribution is -2.22. The fraction of sp³-hybridized carbons (Fsp3) is 0.273. The van der Waals surface area contributed by atoms with Crippen LogP contribution in [-0.4, -0.2) is 24.7 Å². The van der Waals surface area contributed by atoms with Gasteiger partial charge in [0.25, 0.3) is 0 Å². The number of aromatic carboxylic acids is 1. The van der Waals surface area contributed by atoms with Crippen molar-refractivity contribution in [2.24, 2.45) is 0 Å². The molecule has 0 bridgehead atoms. The Kier molecular flexibility index (Phi) is 3.84. The number of para-hydroxylation sites is 1. The molecular weight excluding hydrogens is 211 g/mol. The van der Waals surface area contributed by atoms with Crippen molar-refractivity contribution in [3.8, 4) is 6.07 Å². The SMILES string of the molecule is CN(CCC#N)c1c(F)cccc1C(=O)O. The van der Waals surface area contributed by atoms with Gasteiger partial charge in [-0.05, 0) is 12.1 Å². The van der Waals surface area contributed by atoms with Gasteiger partial charge in [-0.1, -0.05) is 6.07 Å². The van der Waals surface area contributed by atoms with Crippen LogP contribution in [0.15, 0.2) is 18.2 Å². The lowest BCUT2D eigenvalue weighted by atomic mass is 10.1. The number of carbonyl (C=O) groups is 1. The molecule has 1 rings (SSSR count). The number of rotatable bonds is 4. The van der Waals surface area contributed by atoms with Crippen LogP contribution < -0.4 is 4.90 Å². The van der Waals surface area contributed by atoms with E-state index in [0.29, 0.717) is 0 Å². The lowest BCUT2D eigenvalue weighted by molar-refractivity contribution is 0.0697. The van der Waals surface area contributed by atoms with E-state index < -0.39 is 11.8 Å². The van der Waals surface area contributed by atoms with Gasteiger partial charge in [0, 0.05) is 13.6 Å². The minimum atomic E-state index is -1.18. The third-order valence-electron chi connectivity index (χ3n) is 2.16. The predicted octanol–water partition coefficient (Wildman–Crippen LogP) is 1.87. The first kappa shape index (κ1) is 12.0. The van der Waals surface area contributed by atoms with E-state index in [-0.39, 0.29) is 24.2 Å². The second-order valence-electron chi connectivity index (χ2n) is 3.27. The number of hydrogen-bond donors (Lipinski definition) is 1. The number of nitriles is 1. The maximum absolute atomic E-state index is 13.5. The highest BCUT2D eigenvalue weighted by Crippen LogP contribution is 2.23. The molecule has 5 heteroatoms. The standard InChI is InChI=1S/C11H11FN2O2/c1-14(7-3-6-13)10-8(11(15)16)4-2-5-9(10)12/h2,4-5H,3,7H2,1H3,(H,15,16). The molecular formula is C11H11FN2O2. The van der Waals surface area contributed by atoms with Gasteiger partial charge in [0.05, 0.1) is 23.7 Å². The number of hydrogen-bond acceptors (Lipinski definition) is 3. The molecule has 0 atom stereocenters. The Hall–Kier alpha value is -2.09. The van der Waals surface area contributed by atoms with Gasteiger partial charge in [-0.25, -0.2) is 9.18 Å². The zero-order valence-corrected chi connectivity index (χ0v) is 8.77. The third kappa shape index (κ3) is 2.48. The van der Waals surface area contributed by atoms with Crippen molar-refractivity contribution in [2.45, 2.75) is 6.42 Å². The van der Waals surface area contributed by atoms with E-state index in [2.05, 4.69) is 0 Å². The van der Waals surface area contributed by atoms with Crippen LogP contribution in [0.2, 0.25) is 0 Å². The quantitative estimate of drug-likeness (QED) is 0.844. The van der Waals surface area contributed by atoms with Gasteiger partial charge in [0.1, 0.15) is 5.82 Å². The third-order valence-corrected chi connectivity index (χ3v) is 2.16. The summed E-state index contributed by atoms with van der Waals surface area (Å²) >= 11 is 0. The van der Waals surface area contributed by atoms with Gasteiger partial charge in [-0.3, -0.25) is 0 Å². The largest absolute Gasteiger partial charge is 0.478 e. The lowest BCUT2D eigenvalue weighted by Gasteiger charge is -2.20. The van der Waals surface area contributed by atoms with Gasteiger partial charge in [0.2, 0.25) is 0 Å². The number of carboxylic acid groups (broad SMARTS) is 1. The van der Waals surface area contributed by atoms with E-state index in [0.717, 1.165) is 0 Å². The van der Waals surface area contributed by atoms with Crippen molar-refractivity contribution >= 4 is 11.7 Å². The molecule has 0 aromatic heterocycles. The van der Waals surface area contributed by atoms with Gasteiger partial charge < -0.3 is 10.0 Å². The maximum Gasteiger partial charge on any atom is 0.337 e. The van der Waals surface area contributed by atoms with Crippen molar-refractivity contribution in [1.82, 2.24) is 0 Å². The number of halogens is 1. The van der Waals surface area contributed by atoms with Gasteiger partial charge in [0.15, 0.2) is 0 Å². The Morgan fingerprint density at radius 2 is 2.31 bits per heavy atom. The molecule has 1 aromatic carbocycles. The Bertz CT molecular complexity index is 440. The second-order valence-corrected chi connectivity index (χ2v) is 3.27. The normalized spacial score (nSPS) is 9.56. The number of anilines is 1. The molecule has 0 aliphatic carbocycles. The molecule has 0 spiro atoms. The van der Waals surface area contributed by atoms with Crippen LogP contribution in [0.4, 0.5) is 10.1 Å². The first-order valence-electron chi connectivity index (χ1n) is 4.67. The average molecular weight is 222 g/mol. The second kappa shape index (κ2) is 5.12. The maximum atomic E-state index is 13.5. The Morgan fingerprint density at radius 1 is 1.62 bits per heavy atom. The van der Waals surface area contributed by atoms with Gasteiger partial charge in [-0.2, -0.15) is 5.26 Å². The summed E-state index contributed by atoms with van der Waals surface area (Å²) in [6, 6.07) is 5.81. The smallest absolute Gasteiger partial charge is 0.337 e. The summed E-state index contributed by atoms with van der Waals surface area (Å²) in [5.41, 5.74) is -0.0781. The van der Waals surface area contributed by atoms with Crippen LogP contribution in [0.5, 0.6) is 0 Å². The first-order chi connectivity index (χ1) is 7.57. The summed E-state index contributed by atoms with van der Waals surface area (Å²) in [5.74, 6) is -1.78. The van der Waals surface area contributed by atoms with E-state index in [4.69, 9.17) is 10.4 Å². The van der Waals surface area contributed by atoms with Crippen molar-refractivity contribution < 1.29 is 14.3 Å². The summed E-state index contributed by atoms with van der Waals surface area (Å²) in [6.45, 7) is 0.289. The highest BCUT2D eigenvalue weighted by Gasteiger charge is 2.17. The molecule has 0 unspecified atom stereocenters. The van der Waals surface area contributed by atoms with E-state index in [9.17, 15) is 9.18 Å². The number of carboxylic acids is 1. The van der Waals surface area contributed by atoms with E-state index >= 15 is 0 Å². The van der Waals surface area contributed by atoms with E-state index in [1.807, 2.05) is 6.07 Å². The summed E-state index contributed by atoms with van der Waals surface area (Å²) in [7, 11) is 1.56. The molecule has 16 heavy (non-hydrogen) atoms. The molecule has 0 saturated carbocycles. The average Bonchev–Trinajstić information content (AvgIpc) is 2.25. The van der Waals surface area contributed by atoms with Gasteiger partial charge >= 0.3 is 5.97 Å². The predicted molar refractivity (Wildman–Crippen MR) is 56.9 cm³/mol. The van der Waals surface area contributed by atoms with Crippen LogP contribution >= 0.6 is 0 Å².